The molecule has 1 atom stereocenters. The molecule has 0 aliphatic carbocycles. The van der Waals surface area contributed by atoms with Gasteiger partial charge in [-0.3, -0.25) is 4.90 Å². The number of ether oxygens (including phenoxy) is 1. The van der Waals surface area contributed by atoms with Crippen molar-refractivity contribution in [3.8, 4) is 17.3 Å². The molecule has 0 spiro atoms. The summed E-state index contributed by atoms with van der Waals surface area (Å²) in [6, 6.07) is 11.8. The summed E-state index contributed by atoms with van der Waals surface area (Å²) < 4.78 is 34.5. The van der Waals surface area contributed by atoms with Crippen LogP contribution in [0.25, 0.3) is 5.69 Å². The molecule has 3 rings (SSSR count). The van der Waals surface area contributed by atoms with E-state index in [-0.39, 0.29) is 11.6 Å². The van der Waals surface area contributed by atoms with E-state index < -0.39 is 6.10 Å². The Morgan fingerprint density at radius 2 is 1.67 bits per heavy atom. The second-order valence-corrected chi connectivity index (χ2v) is 7.40. The van der Waals surface area contributed by atoms with E-state index in [1.165, 1.54) is 24.3 Å². The number of aliphatic hydroxyl groups is 1. The van der Waals surface area contributed by atoms with Gasteiger partial charge in [0.15, 0.2) is 0 Å². The summed E-state index contributed by atoms with van der Waals surface area (Å²) in [5.41, 5.74) is 2.28. The standard InChI is InChI=1S/C23H27F2N3O2/c1-4-13-27(14-16(2)29)15-22-17(3)26-28(20-9-5-18(24)6-10-20)23(22)30-21-11-7-19(25)8-12-21/h5-12,16,29H,4,13-15H2,1-3H3/t16-/m1/s1. The average Bonchev–Trinajstić information content (AvgIpc) is 2.99. The molecular formula is C23H27F2N3O2. The van der Waals surface area contributed by atoms with Crippen LogP contribution in [-0.2, 0) is 6.54 Å². The Hall–Kier alpha value is -2.77. The highest BCUT2D eigenvalue weighted by Crippen LogP contribution is 2.32. The van der Waals surface area contributed by atoms with Gasteiger partial charge in [-0.25, -0.2) is 13.5 Å². The molecule has 1 heterocycles. The van der Waals surface area contributed by atoms with Gasteiger partial charge >= 0.3 is 0 Å². The SMILES string of the molecule is CCCN(Cc1c(C)nn(-c2ccc(F)cc2)c1Oc1ccc(F)cc1)C[C@@H](C)O. The molecule has 0 unspecified atom stereocenters. The summed E-state index contributed by atoms with van der Waals surface area (Å²) in [6.45, 7) is 7.59. The number of halogens is 2. The average molecular weight is 415 g/mol. The van der Waals surface area contributed by atoms with E-state index in [9.17, 15) is 13.9 Å². The Labute approximate surface area is 175 Å². The van der Waals surface area contributed by atoms with Crippen molar-refractivity contribution in [1.82, 2.24) is 14.7 Å². The number of nitrogens with zero attached hydrogens (tertiary/aromatic N) is 3. The molecule has 160 valence electrons. The molecule has 7 heteroatoms. The van der Waals surface area contributed by atoms with Gasteiger partial charge in [0.25, 0.3) is 0 Å². The Balaban J connectivity index is 2.03. The third-order valence-corrected chi connectivity index (χ3v) is 4.68. The van der Waals surface area contributed by atoms with Crippen LogP contribution >= 0.6 is 0 Å². The van der Waals surface area contributed by atoms with Crippen LogP contribution in [0.1, 0.15) is 31.5 Å². The van der Waals surface area contributed by atoms with Crippen molar-refractivity contribution in [1.29, 1.82) is 0 Å². The summed E-state index contributed by atoms with van der Waals surface area (Å²) in [5.74, 6) is 0.266. The van der Waals surface area contributed by atoms with Gasteiger partial charge in [0.2, 0.25) is 5.88 Å². The lowest BCUT2D eigenvalue weighted by atomic mass is 10.2. The van der Waals surface area contributed by atoms with Gasteiger partial charge in [0.05, 0.1) is 23.0 Å². The topological polar surface area (TPSA) is 50.5 Å². The molecule has 2 aromatic carbocycles. The van der Waals surface area contributed by atoms with Crippen LogP contribution in [0.2, 0.25) is 0 Å². The first kappa shape index (κ1) is 21.9. The van der Waals surface area contributed by atoms with Gasteiger partial charge in [-0.2, -0.15) is 5.10 Å². The van der Waals surface area contributed by atoms with Crippen LogP contribution in [0.15, 0.2) is 48.5 Å². The van der Waals surface area contributed by atoms with E-state index >= 15 is 0 Å². The maximum atomic E-state index is 13.4. The van der Waals surface area contributed by atoms with Crippen molar-refractivity contribution >= 4 is 0 Å². The van der Waals surface area contributed by atoms with E-state index in [0.717, 1.165) is 24.2 Å². The Bertz CT molecular complexity index is 954. The number of aliphatic hydroxyl groups excluding tert-OH is 1. The Kier molecular flexibility index (Phi) is 7.18. The van der Waals surface area contributed by atoms with Crippen LogP contribution in [0.5, 0.6) is 11.6 Å². The van der Waals surface area contributed by atoms with Gasteiger partial charge in [0.1, 0.15) is 17.4 Å². The minimum atomic E-state index is -0.467. The number of aryl methyl sites for hydroxylation is 1. The number of hydrogen-bond acceptors (Lipinski definition) is 4. The highest BCUT2D eigenvalue weighted by molar-refractivity contribution is 5.43. The van der Waals surface area contributed by atoms with Gasteiger partial charge in [-0.05, 0) is 75.3 Å². The zero-order valence-electron chi connectivity index (χ0n) is 17.5. The fourth-order valence-corrected chi connectivity index (χ4v) is 3.35. The Morgan fingerprint density at radius 3 is 2.23 bits per heavy atom. The van der Waals surface area contributed by atoms with Gasteiger partial charge in [-0.15, -0.1) is 0 Å². The molecule has 0 saturated heterocycles. The second-order valence-electron chi connectivity index (χ2n) is 7.40. The lowest BCUT2D eigenvalue weighted by Crippen LogP contribution is -2.31. The van der Waals surface area contributed by atoms with Crippen LogP contribution < -0.4 is 4.74 Å². The molecule has 0 radical (unpaired) electrons. The first-order valence-electron chi connectivity index (χ1n) is 10.1. The van der Waals surface area contributed by atoms with Gasteiger partial charge < -0.3 is 9.84 Å². The summed E-state index contributed by atoms with van der Waals surface area (Å²) in [6.07, 6.45) is 0.469. The molecule has 30 heavy (non-hydrogen) atoms. The quantitative estimate of drug-likeness (QED) is 0.543. The minimum Gasteiger partial charge on any atom is -0.439 e. The summed E-state index contributed by atoms with van der Waals surface area (Å²) >= 11 is 0. The van der Waals surface area contributed by atoms with E-state index in [1.807, 2.05) is 6.92 Å². The maximum absolute atomic E-state index is 13.4. The summed E-state index contributed by atoms with van der Waals surface area (Å²) in [7, 11) is 0. The molecule has 0 bridgehead atoms. The summed E-state index contributed by atoms with van der Waals surface area (Å²) in [5, 5.41) is 14.5. The third-order valence-electron chi connectivity index (χ3n) is 4.68. The lowest BCUT2D eigenvalue weighted by molar-refractivity contribution is 0.122. The molecule has 1 aromatic heterocycles. The van der Waals surface area contributed by atoms with Crippen molar-refractivity contribution in [2.24, 2.45) is 0 Å². The van der Waals surface area contributed by atoms with Gasteiger partial charge in [-0.1, -0.05) is 6.92 Å². The minimum absolute atomic E-state index is 0.338. The fourth-order valence-electron chi connectivity index (χ4n) is 3.35. The van der Waals surface area contributed by atoms with Crippen molar-refractivity contribution in [2.45, 2.75) is 39.8 Å². The molecule has 0 saturated carbocycles. The second kappa shape index (κ2) is 9.82. The highest BCUT2D eigenvalue weighted by atomic mass is 19.1. The van der Waals surface area contributed by atoms with E-state index in [4.69, 9.17) is 4.74 Å². The maximum Gasteiger partial charge on any atom is 0.227 e. The molecule has 5 nitrogen and oxygen atoms in total. The fraction of sp³-hybridized carbons (Fsp3) is 0.348. The predicted octanol–water partition coefficient (Wildman–Crippen LogP) is 4.84. The smallest absolute Gasteiger partial charge is 0.227 e. The number of rotatable bonds is 9. The Morgan fingerprint density at radius 1 is 1.07 bits per heavy atom. The van der Waals surface area contributed by atoms with E-state index in [0.29, 0.717) is 30.4 Å². The largest absolute Gasteiger partial charge is 0.439 e. The predicted molar refractivity (Wildman–Crippen MR) is 112 cm³/mol. The molecular weight excluding hydrogens is 388 g/mol. The van der Waals surface area contributed by atoms with Crippen LogP contribution in [0.3, 0.4) is 0 Å². The molecule has 3 aromatic rings. The third kappa shape index (κ3) is 5.43. The van der Waals surface area contributed by atoms with E-state index in [2.05, 4.69) is 16.9 Å². The number of benzene rings is 2. The molecule has 1 N–H and O–H groups in total. The van der Waals surface area contributed by atoms with Crippen LogP contribution in [-0.4, -0.2) is 39.0 Å². The zero-order chi connectivity index (χ0) is 21.7. The highest BCUT2D eigenvalue weighted by Gasteiger charge is 2.22. The van der Waals surface area contributed by atoms with Crippen molar-refractivity contribution in [3.63, 3.8) is 0 Å². The van der Waals surface area contributed by atoms with Crippen molar-refractivity contribution < 1.29 is 18.6 Å². The number of hydrogen-bond donors (Lipinski definition) is 1. The van der Waals surface area contributed by atoms with Gasteiger partial charge in [0, 0.05) is 13.1 Å². The number of aromatic nitrogens is 2. The van der Waals surface area contributed by atoms with Crippen molar-refractivity contribution in [2.75, 3.05) is 13.1 Å². The van der Waals surface area contributed by atoms with Crippen LogP contribution in [0.4, 0.5) is 8.78 Å². The molecule has 0 aliphatic rings. The molecule has 0 aliphatic heterocycles. The molecule has 0 amide bonds. The van der Waals surface area contributed by atoms with E-state index in [1.54, 1.807) is 35.9 Å². The summed E-state index contributed by atoms with van der Waals surface area (Å²) in [4.78, 5) is 2.14. The first-order valence-corrected chi connectivity index (χ1v) is 10.1. The molecule has 0 fully saturated rings. The van der Waals surface area contributed by atoms with Crippen LogP contribution in [0, 0.1) is 18.6 Å². The zero-order valence-corrected chi connectivity index (χ0v) is 17.5. The monoisotopic (exact) mass is 415 g/mol. The van der Waals surface area contributed by atoms with Crippen molar-refractivity contribution in [3.05, 3.63) is 71.4 Å². The first-order chi connectivity index (χ1) is 14.4. The lowest BCUT2D eigenvalue weighted by Gasteiger charge is -2.23. The normalized spacial score (nSPS) is 12.4.